The SMILES string of the molecule is COc1cc(Cl)c(C)cc1NC(=O)C(C)OC(=O)c1c2c(nc3ccccc13)CCN(C(C)C)C2. The molecule has 1 atom stereocenters. The molecule has 4 rings (SSSR count). The molecule has 2 heterocycles. The zero-order chi connectivity index (χ0) is 25.3. The fourth-order valence-electron chi connectivity index (χ4n) is 4.32. The quantitative estimate of drug-likeness (QED) is 0.476. The number of benzene rings is 2. The van der Waals surface area contributed by atoms with E-state index in [0.717, 1.165) is 40.7 Å². The summed E-state index contributed by atoms with van der Waals surface area (Å²) < 4.78 is 11.0. The Morgan fingerprint density at radius 1 is 1.17 bits per heavy atom. The monoisotopic (exact) mass is 495 g/mol. The van der Waals surface area contributed by atoms with E-state index in [1.165, 1.54) is 7.11 Å². The van der Waals surface area contributed by atoms with Crippen LogP contribution in [0.1, 0.15) is 48.0 Å². The predicted octanol–water partition coefficient (Wildman–Crippen LogP) is 5.16. The summed E-state index contributed by atoms with van der Waals surface area (Å²) in [6.07, 6.45) is -0.278. The van der Waals surface area contributed by atoms with Crippen LogP contribution in [-0.4, -0.2) is 47.6 Å². The number of halogens is 1. The largest absolute Gasteiger partial charge is 0.495 e. The van der Waals surface area contributed by atoms with Gasteiger partial charge in [0.2, 0.25) is 0 Å². The van der Waals surface area contributed by atoms with E-state index in [9.17, 15) is 9.59 Å². The Morgan fingerprint density at radius 2 is 1.91 bits per heavy atom. The minimum absolute atomic E-state index is 0.334. The molecule has 2 aromatic carbocycles. The van der Waals surface area contributed by atoms with Crippen molar-refractivity contribution in [1.82, 2.24) is 9.88 Å². The average molecular weight is 496 g/mol. The molecule has 1 amide bonds. The Balaban J connectivity index is 1.62. The summed E-state index contributed by atoms with van der Waals surface area (Å²) in [7, 11) is 1.50. The summed E-state index contributed by atoms with van der Waals surface area (Å²) in [5, 5.41) is 4.05. The third kappa shape index (κ3) is 5.11. The number of carbonyl (C=O) groups excluding carboxylic acids is 2. The molecule has 0 aliphatic carbocycles. The molecule has 1 aliphatic rings. The lowest BCUT2D eigenvalue weighted by Crippen LogP contribution is -2.37. The van der Waals surface area contributed by atoms with Crippen LogP contribution >= 0.6 is 11.6 Å². The first-order chi connectivity index (χ1) is 16.7. The van der Waals surface area contributed by atoms with Gasteiger partial charge in [0.05, 0.1) is 23.9 Å². The number of hydrogen-bond acceptors (Lipinski definition) is 6. The smallest absolute Gasteiger partial charge is 0.339 e. The molecule has 0 bridgehead atoms. The highest BCUT2D eigenvalue weighted by Crippen LogP contribution is 2.32. The molecule has 0 fully saturated rings. The number of fused-ring (bicyclic) bond motifs is 2. The Labute approximate surface area is 210 Å². The molecular weight excluding hydrogens is 466 g/mol. The lowest BCUT2D eigenvalue weighted by molar-refractivity contribution is -0.123. The van der Waals surface area contributed by atoms with Gasteiger partial charge >= 0.3 is 5.97 Å². The predicted molar refractivity (Wildman–Crippen MR) is 137 cm³/mol. The number of pyridine rings is 1. The van der Waals surface area contributed by atoms with Crippen molar-refractivity contribution in [2.75, 3.05) is 19.0 Å². The van der Waals surface area contributed by atoms with Crippen molar-refractivity contribution in [3.63, 3.8) is 0 Å². The van der Waals surface area contributed by atoms with E-state index >= 15 is 0 Å². The molecule has 0 spiro atoms. The molecule has 0 radical (unpaired) electrons. The number of methoxy groups -OCH3 is 1. The van der Waals surface area contributed by atoms with Gasteiger partial charge < -0.3 is 14.8 Å². The van der Waals surface area contributed by atoms with E-state index in [4.69, 9.17) is 26.1 Å². The zero-order valence-corrected chi connectivity index (χ0v) is 21.4. The molecule has 1 unspecified atom stereocenters. The fourth-order valence-corrected chi connectivity index (χ4v) is 4.48. The van der Waals surface area contributed by atoms with Crippen molar-refractivity contribution in [2.45, 2.75) is 52.8 Å². The second kappa shape index (κ2) is 10.2. The van der Waals surface area contributed by atoms with Gasteiger partial charge in [0, 0.05) is 53.3 Å². The number of amides is 1. The molecule has 0 saturated carbocycles. The van der Waals surface area contributed by atoms with Gasteiger partial charge in [0.1, 0.15) is 5.75 Å². The Morgan fingerprint density at radius 3 is 2.63 bits per heavy atom. The number of ether oxygens (including phenoxy) is 2. The van der Waals surface area contributed by atoms with Crippen LogP contribution in [0.4, 0.5) is 5.69 Å². The Bertz CT molecular complexity index is 1290. The standard InChI is InChI=1S/C27H30ClN3O4/c1-15(2)31-11-10-22-19(14-31)25(18-8-6-7-9-21(18)29-22)27(33)35-17(4)26(32)30-23-12-16(3)20(28)13-24(23)34-5/h6-9,12-13,15,17H,10-11,14H2,1-5H3,(H,30,32). The first-order valence-corrected chi connectivity index (χ1v) is 12.1. The normalized spacial score (nSPS) is 14.5. The highest BCUT2D eigenvalue weighted by molar-refractivity contribution is 6.31. The van der Waals surface area contributed by atoms with E-state index in [-0.39, 0.29) is 0 Å². The second-order valence-corrected chi connectivity index (χ2v) is 9.49. The molecule has 184 valence electrons. The molecule has 1 aromatic heterocycles. The summed E-state index contributed by atoms with van der Waals surface area (Å²) in [6.45, 7) is 9.15. The Hall–Kier alpha value is -3.16. The topological polar surface area (TPSA) is 80.8 Å². The second-order valence-electron chi connectivity index (χ2n) is 9.08. The van der Waals surface area contributed by atoms with E-state index in [2.05, 4.69) is 24.1 Å². The maximum atomic E-state index is 13.5. The van der Waals surface area contributed by atoms with Crippen molar-refractivity contribution in [1.29, 1.82) is 0 Å². The molecule has 8 heteroatoms. The van der Waals surface area contributed by atoms with Crippen molar-refractivity contribution in [3.05, 3.63) is 63.8 Å². The van der Waals surface area contributed by atoms with Crippen molar-refractivity contribution >= 4 is 40.1 Å². The number of aromatic nitrogens is 1. The molecule has 7 nitrogen and oxygen atoms in total. The Kier molecular flexibility index (Phi) is 7.28. The highest BCUT2D eigenvalue weighted by atomic mass is 35.5. The number of anilines is 1. The van der Waals surface area contributed by atoms with E-state index in [0.29, 0.717) is 34.6 Å². The van der Waals surface area contributed by atoms with E-state index in [1.54, 1.807) is 19.1 Å². The van der Waals surface area contributed by atoms with Gasteiger partial charge in [0.15, 0.2) is 6.10 Å². The maximum Gasteiger partial charge on any atom is 0.339 e. The van der Waals surface area contributed by atoms with Crippen molar-refractivity contribution in [2.24, 2.45) is 0 Å². The maximum absolute atomic E-state index is 13.5. The van der Waals surface area contributed by atoms with Gasteiger partial charge in [-0.2, -0.15) is 0 Å². The molecular formula is C27H30ClN3O4. The van der Waals surface area contributed by atoms with Crippen LogP contribution in [-0.2, 0) is 22.5 Å². The minimum atomic E-state index is -1.03. The van der Waals surface area contributed by atoms with Gasteiger partial charge in [-0.25, -0.2) is 4.79 Å². The number of hydrogen-bond donors (Lipinski definition) is 1. The number of nitrogens with one attached hydrogen (secondary N) is 1. The number of rotatable bonds is 6. The van der Waals surface area contributed by atoms with Crippen LogP contribution in [0, 0.1) is 6.92 Å². The van der Waals surface area contributed by atoms with E-state index in [1.807, 2.05) is 31.2 Å². The molecule has 0 saturated heterocycles. The summed E-state index contributed by atoms with van der Waals surface area (Å²) in [6, 6.07) is 11.2. The van der Waals surface area contributed by atoms with Gasteiger partial charge in [0.25, 0.3) is 5.91 Å². The number of aryl methyl sites for hydroxylation is 1. The summed E-state index contributed by atoms with van der Waals surface area (Å²) in [5.74, 6) is -0.572. The molecule has 3 aromatic rings. The van der Waals surface area contributed by atoms with Gasteiger partial charge in [-0.1, -0.05) is 29.8 Å². The first-order valence-electron chi connectivity index (χ1n) is 11.7. The van der Waals surface area contributed by atoms with Crippen molar-refractivity contribution < 1.29 is 19.1 Å². The highest BCUT2D eigenvalue weighted by Gasteiger charge is 2.29. The molecule has 1 N–H and O–H groups in total. The first kappa shape index (κ1) is 24.9. The van der Waals surface area contributed by atoms with Crippen molar-refractivity contribution in [3.8, 4) is 5.75 Å². The van der Waals surface area contributed by atoms with E-state index < -0.39 is 18.0 Å². The number of nitrogens with zero attached hydrogens (tertiary/aromatic N) is 2. The van der Waals surface area contributed by atoms with Crippen LogP contribution in [0.25, 0.3) is 10.9 Å². The average Bonchev–Trinajstić information content (AvgIpc) is 2.83. The summed E-state index contributed by atoms with van der Waals surface area (Å²) >= 11 is 6.17. The van der Waals surface area contributed by atoms with Gasteiger partial charge in [-0.05, 0) is 45.4 Å². The number of esters is 1. The third-order valence-electron chi connectivity index (χ3n) is 6.40. The summed E-state index contributed by atoms with van der Waals surface area (Å²) in [5.41, 5.74) is 4.26. The van der Waals surface area contributed by atoms with Crippen LogP contribution in [0.5, 0.6) is 5.75 Å². The third-order valence-corrected chi connectivity index (χ3v) is 6.81. The zero-order valence-electron chi connectivity index (χ0n) is 20.6. The minimum Gasteiger partial charge on any atom is -0.495 e. The lowest BCUT2D eigenvalue weighted by atomic mass is 9.95. The van der Waals surface area contributed by atoms with Gasteiger partial charge in [-0.15, -0.1) is 0 Å². The fraction of sp³-hybridized carbons (Fsp3) is 0.370. The van der Waals surface area contributed by atoms with Crippen LogP contribution in [0.3, 0.4) is 0 Å². The molecule has 35 heavy (non-hydrogen) atoms. The lowest BCUT2D eigenvalue weighted by Gasteiger charge is -2.32. The van der Waals surface area contributed by atoms with Crippen LogP contribution in [0.15, 0.2) is 36.4 Å². The number of para-hydroxylation sites is 1. The van der Waals surface area contributed by atoms with Gasteiger partial charge in [-0.3, -0.25) is 14.7 Å². The summed E-state index contributed by atoms with van der Waals surface area (Å²) in [4.78, 5) is 33.6. The molecule has 1 aliphatic heterocycles. The number of carbonyl (C=O) groups is 2. The van der Waals surface area contributed by atoms with Crippen LogP contribution in [0.2, 0.25) is 5.02 Å². The van der Waals surface area contributed by atoms with Crippen LogP contribution < -0.4 is 10.1 Å².